The summed E-state index contributed by atoms with van der Waals surface area (Å²) in [6.07, 6.45) is 0. The van der Waals surface area contributed by atoms with Crippen molar-refractivity contribution in [3.8, 4) is 0 Å². The van der Waals surface area contributed by atoms with Crippen LogP contribution >= 0.6 is 11.8 Å². The predicted octanol–water partition coefficient (Wildman–Crippen LogP) is 1.73. The number of amides is 2. The quantitative estimate of drug-likeness (QED) is 0.422. The monoisotopic (exact) mass is 388 g/mol. The Kier molecular flexibility index (Phi) is 7.30. The number of ether oxygens (including phenoxy) is 1. The second-order valence-corrected chi connectivity index (χ2v) is 6.53. The van der Waals surface area contributed by atoms with E-state index in [1.807, 2.05) is 19.9 Å². The smallest absolute Gasteiger partial charge is 0.316 e. The van der Waals surface area contributed by atoms with Crippen LogP contribution in [0.4, 0.5) is 5.69 Å². The van der Waals surface area contributed by atoms with Crippen molar-refractivity contribution in [3.63, 3.8) is 0 Å². The molecule has 1 heterocycles. The lowest BCUT2D eigenvalue weighted by atomic mass is 10.2. The predicted molar refractivity (Wildman–Crippen MR) is 102 cm³/mol. The van der Waals surface area contributed by atoms with Crippen LogP contribution in [0.3, 0.4) is 0 Å². The minimum atomic E-state index is -0.534. The van der Waals surface area contributed by atoms with Gasteiger partial charge in [-0.3, -0.25) is 14.4 Å². The lowest BCUT2D eigenvalue weighted by Crippen LogP contribution is -2.22. The zero-order valence-electron chi connectivity index (χ0n) is 15.2. The van der Waals surface area contributed by atoms with Gasteiger partial charge in [0, 0.05) is 29.7 Å². The first kappa shape index (κ1) is 20.4. The van der Waals surface area contributed by atoms with E-state index < -0.39 is 18.5 Å². The number of hydrogen-bond acceptors (Lipinski definition) is 7. The molecule has 0 saturated heterocycles. The molecule has 2 aromatic rings. The first-order valence-electron chi connectivity index (χ1n) is 8.10. The maximum Gasteiger partial charge on any atom is 0.316 e. The van der Waals surface area contributed by atoms with Crippen LogP contribution in [0.2, 0.25) is 0 Å². The molecule has 0 aliphatic rings. The number of thioether (sulfide) groups is 1. The van der Waals surface area contributed by atoms with E-state index in [4.69, 9.17) is 4.74 Å². The molecule has 2 rings (SSSR count). The second kappa shape index (κ2) is 9.67. The van der Waals surface area contributed by atoms with Gasteiger partial charge in [-0.1, -0.05) is 11.8 Å². The van der Waals surface area contributed by atoms with Crippen molar-refractivity contribution in [2.45, 2.75) is 19.0 Å². The summed E-state index contributed by atoms with van der Waals surface area (Å²) < 4.78 is 4.95. The largest absolute Gasteiger partial charge is 0.455 e. The lowest BCUT2D eigenvalue weighted by molar-refractivity contribution is -0.144. The molecule has 1 aromatic carbocycles. The summed E-state index contributed by atoms with van der Waals surface area (Å²) in [6, 6.07) is 8.20. The minimum Gasteiger partial charge on any atom is -0.455 e. The molecule has 0 fully saturated rings. The lowest BCUT2D eigenvalue weighted by Gasteiger charge is -2.07. The normalized spacial score (nSPS) is 10.2. The van der Waals surface area contributed by atoms with Gasteiger partial charge in [0.15, 0.2) is 11.8 Å². The number of carbonyl (C=O) groups excluding carboxylic acids is 3. The molecule has 0 saturated carbocycles. The van der Waals surface area contributed by atoms with Crippen molar-refractivity contribution >= 4 is 35.2 Å². The molecule has 0 spiro atoms. The van der Waals surface area contributed by atoms with Crippen LogP contribution in [0, 0.1) is 13.8 Å². The van der Waals surface area contributed by atoms with Crippen molar-refractivity contribution in [2.75, 3.05) is 24.7 Å². The number of hydrogen-bond donors (Lipinski definition) is 2. The maximum atomic E-state index is 11.9. The van der Waals surface area contributed by atoms with Crippen LogP contribution in [0.15, 0.2) is 35.5 Å². The fourth-order valence-corrected chi connectivity index (χ4v) is 2.86. The molecule has 0 unspecified atom stereocenters. The van der Waals surface area contributed by atoms with E-state index in [-0.39, 0.29) is 11.7 Å². The number of aromatic nitrogens is 2. The van der Waals surface area contributed by atoms with Gasteiger partial charge in [-0.25, -0.2) is 9.97 Å². The number of benzene rings is 1. The van der Waals surface area contributed by atoms with Crippen LogP contribution in [0.5, 0.6) is 0 Å². The van der Waals surface area contributed by atoms with Gasteiger partial charge >= 0.3 is 5.97 Å². The second-order valence-electron chi connectivity index (χ2n) is 5.59. The Morgan fingerprint density at radius 1 is 1.07 bits per heavy atom. The van der Waals surface area contributed by atoms with Crippen molar-refractivity contribution in [3.05, 3.63) is 47.3 Å². The third kappa shape index (κ3) is 6.70. The van der Waals surface area contributed by atoms with Gasteiger partial charge in [0.05, 0.1) is 5.75 Å². The standard InChI is InChI=1S/C18H20N4O4S/c1-11-8-12(2)21-18(20-11)27-10-16(24)26-9-15(23)22-14-6-4-13(5-7-14)17(25)19-3/h4-8H,9-10H2,1-3H3,(H,19,25)(H,22,23). The van der Waals surface area contributed by atoms with E-state index in [0.717, 1.165) is 23.1 Å². The first-order valence-corrected chi connectivity index (χ1v) is 9.08. The number of esters is 1. The zero-order valence-corrected chi connectivity index (χ0v) is 16.1. The molecular formula is C18H20N4O4S. The first-order chi connectivity index (χ1) is 12.9. The highest BCUT2D eigenvalue weighted by Gasteiger charge is 2.11. The van der Waals surface area contributed by atoms with Crippen molar-refractivity contribution in [2.24, 2.45) is 0 Å². The van der Waals surface area contributed by atoms with E-state index in [2.05, 4.69) is 20.6 Å². The Morgan fingerprint density at radius 3 is 2.30 bits per heavy atom. The summed E-state index contributed by atoms with van der Waals surface area (Å²) in [6.45, 7) is 3.30. The Bertz CT molecular complexity index is 820. The van der Waals surface area contributed by atoms with Crippen molar-refractivity contribution < 1.29 is 19.1 Å². The summed E-state index contributed by atoms with van der Waals surface area (Å²) in [5, 5.41) is 5.59. The molecule has 0 radical (unpaired) electrons. The van der Waals surface area contributed by atoms with Gasteiger partial charge < -0.3 is 15.4 Å². The number of rotatable bonds is 7. The van der Waals surface area contributed by atoms with Crippen LogP contribution in [-0.4, -0.2) is 47.2 Å². The Balaban J connectivity index is 1.76. The maximum absolute atomic E-state index is 11.9. The topological polar surface area (TPSA) is 110 Å². The molecule has 0 aliphatic heterocycles. The van der Waals surface area contributed by atoms with E-state index in [0.29, 0.717) is 16.4 Å². The van der Waals surface area contributed by atoms with E-state index in [1.54, 1.807) is 24.3 Å². The molecule has 0 aliphatic carbocycles. The highest BCUT2D eigenvalue weighted by Crippen LogP contribution is 2.14. The van der Waals surface area contributed by atoms with E-state index in [9.17, 15) is 14.4 Å². The highest BCUT2D eigenvalue weighted by atomic mass is 32.2. The molecule has 2 N–H and O–H groups in total. The van der Waals surface area contributed by atoms with Gasteiger partial charge in [-0.15, -0.1) is 0 Å². The Hall–Kier alpha value is -2.94. The third-order valence-electron chi connectivity index (χ3n) is 3.30. The van der Waals surface area contributed by atoms with Gasteiger partial charge in [-0.2, -0.15) is 0 Å². The molecule has 8 nitrogen and oxygen atoms in total. The van der Waals surface area contributed by atoms with E-state index >= 15 is 0 Å². The number of aryl methyl sites for hydroxylation is 2. The Morgan fingerprint density at radius 2 is 1.70 bits per heavy atom. The molecule has 9 heteroatoms. The van der Waals surface area contributed by atoms with Crippen LogP contribution in [0.1, 0.15) is 21.7 Å². The summed E-state index contributed by atoms with van der Waals surface area (Å²) >= 11 is 1.15. The molecule has 1 aromatic heterocycles. The Labute approximate surface area is 161 Å². The molecule has 27 heavy (non-hydrogen) atoms. The molecule has 0 atom stereocenters. The van der Waals surface area contributed by atoms with Crippen LogP contribution in [-0.2, 0) is 14.3 Å². The zero-order chi connectivity index (χ0) is 19.8. The summed E-state index contributed by atoms with van der Waals surface area (Å²) in [5.74, 6) is -1.21. The van der Waals surface area contributed by atoms with Crippen LogP contribution in [0.25, 0.3) is 0 Å². The fraction of sp³-hybridized carbons (Fsp3) is 0.278. The van der Waals surface area contributed by atoms with Crippen molar-refractivity contribution in [1.29, 1.82) is 0 Å². The van der Waals surface area contributed by atoms with Gasteiger partial charge in [0.25, 0.3) is 11.8 Å². The number of carbonyl (C=O) groups is 3. The average Bonchev–Trinajstić information content (AvgIpc) is 2.64. The van der Waals surface area contributed by atoms with Gasteiger partial charge in [0.1, 0.15) is 0 Å². The van der Waals surface area contributed by atoms with Gasteiger partial charge in [-0.05, 0) is 44.2 Å². The molecule has 0 bridgehead atoms. The molecule has 142 valence electrons. The number of nitrogens with one attached hydrogen (secondary N) is 2. The highest BCUT2D eigenvalue weighted by molar-refractivity contribution is 7.99. The summed E-state index contributed by atoms with van der Waals surface area (Å²) in [4.78, 5) is 43.5. The SMILES string of the molecule is CNC(=O)c1ccc(NC(=O)COC(=O)CSc2nc(C)cc(C)n2)cc1. The third-order valence-corrected chi connectivity index (χ3v) is 4.12. The van der Waals surface area contributed by atoms with E-state index in [1.165, 1.54) is 7.05 Å². The fourth-order valence-electron chi connectivity index (χ4n) is 2.12. The number of nitrogens with zero attached hydrogens (tertiary/aromatic N) is 2. The van der Waals surface area contributed by atoms with Gasteiger partial charge in [0.2, 0.25) is 0 Å². The minimum absolute atomic E-state index is 0.0109. The van der Waals surface area contributed by atoms with Crippen LogP contribution < -0.4 is 10.6 Å². The molecule has 2 amide bonds. The number of anilines is 1. The van der Waals surface area contributed by atoms with Crippen molar-refractivity contribution in [1.82, 2.24) is 15.3 Å². The average molecular weight is 388 g/mol. The summed E-state index contributed by atoms with van der Waals surface area (Å²) in [5.41, 5.74) is 2.62. The summed E-state index contributed by atoms with van der Waals surface area (Å²) in [7, 11) is 1.54. The molecular weight excluding hydrogens is 368 g/mol.